The highest BCUT2D eigenvalue weighted by molar-refractivity contribution is 5.14. The largest absolute Gasteiger partial charge is 0.348 e. The van der Waals surface area contributed by atoms with Gasteiger partial charge in [0.05, 0.1) is 17.9 Å². The van der Waals surface area contributed by atoms with Gasteiger partial charge >= 0.3 is 0 Å². The van der Waals surface area contributed by atoms with Crippen LogP contribution in [0.25, 0.3) is 0 Å². The third-order valence-corrected chi connectivity index (χ3v) is 2.97. The molecule has 0 aromatic carbocycles. The summed E-state index contributed by atoms with van der Waals surface area (Å²) < 4.78 is 4.23. The molecule has 0 radical (unpaired) electrons. The molecule has 2 aromatic rings. The minimum Gasteiger partial charge on any atom is -0.348 e. The van der Waals surface area contributed by atoms with Gasteiger partial charge in [-0.25, -0.2) is 0 Å². The Labute approximate surface area is 102 Å². The number of aromatic nitrogens is 3. The van der Waals surface area contributed by atoms with Crippen molar-refractivity contribution < 1.29 is 0 Å². The average molecular weight is 232 g/mol. The van der Waals surface area contributed by atoms with Crippen LogP contribution in [0.15, 0.2) is 24.5 Å². The lowest BCUT2D eigenvalue weighted by atomic mass is 10.3. The van der Waals surface area contributed by atoms with Crippen LogP contribution < -0.4 is 5.73 Å². The van der Waals surface area contributed by atoms with E-state index < -0.39 is 0 Å². The van der Waals surface area contributed by atoms with E-state index >= 15 is 0 Å². The number of rotatable bonds is 5. The predicted octanol–water partition coefficient (Wildman–Crippen LogP) is 1.77. The summed E-state index contributed by atoms with van der Waals surface area (Å²) in [5.41, 5.74) is 9.19. The fraction of sp³-hybridized carbons (Fsp3) is 0.462. The van der Waals surface area contributed by atoms with E-state index in [2.05, 4.69) is 52.7 Å². The number of nitrogens with two attached hydrogens (primary N) is 1. The van der Waals surface area contributed by atoms with Crippen LogP contribution in [0, 0.1) is 0 Å². The van der Waals surface area contributed by atoms with Crippen molar-refractivity contribution in [3.8, 4) is 0 Å². The summed E-state index contributed by atoms with van der Waals surface area (Å²) in [6.07, 6.45) is 5.15. The molecule has 0 bridgehead atoms. The van der Waals surface area contributed by atoms with Crippen molar-refractivity contribution in [1.29, 1.82) is 0 Å². The van der Waals surface area contributed by atoms with Crippen molar-refractivity contribution in [2.75, 3.05) is 0 Å². The highest BCUT2D eigenvalue weighted by Gasteiger charge is 2.06. The normalized spacial score (nSPS) is 11.0. The van der Waals surface area contributed by atoms with Crippen molar-refractivity contribution in [1.82, 2.24) is 14.3 Å². The molecule has 17 heavy (non-hydrogen) atoms. The molecule has 4 nitrogen and oxygen atoms in total. The molecular formula is C13H20N4. The molecule has 0 unspecified atom stereocenters. The minimum atomic E-state index is 0.597. The standard InChI is InChI=1S/C13H20N4/c1-3-12-7-13(17(4-2)15-12)10-16-6-5-11(8-14)9-16/h5-7,9H,3-4,8,10,14H2,1-2H3. The zero-order valence-corrected chi connectivity index (χ0v) is 10.6. The van der Waals surface area contributed by atoms with Crippen LogP contribution in [0.1, 0.15) is 30.8 Å². The van der Waals surface area contributed by atoms with Crippen LogP contribution in [0.2, 0.25) is 0 Å². The van der Waals surface area contributed by atoms with Gasteiger partial charge in [-0.2, -0.15) is 5.10 Å². The minimum absolute atomic E-state index is 0.597. The van der Waals surface area contributed by atoms with Gasteiger partial charge < -0.3 is 10.3 Å². The molecule has 2 aromatic heterocycles. The molecule has 0 aliphatic carbocycles. The van der Waals surface area contributed by atoms with Gasteiger partial charge in [-0.1, -0.05) is 6.92 Å². The molecule has 0 saturated heterocycles. The highest BCUT2D eigenvalue weighted by Crippen LogP contribution is 2.09. The molecule has 0 amide bonds. The van der Waals surface area contributed by atoms with E-state index in [1.54, 1.807) is 0 Å². The predicted molar refractivity (Wildman–Crippen MR) is 68.7 cm³/mol. The van der Waals surface area contributed by atoms with E-state index in [1.165, 1.54) is 11.3 Å². The smallest absolute Gasteiger partial charge is 0.0639 e. The molecule has 0 fully saturated rings. The lowest BCUT2D eigenvalue weighted by Gasteiger charge is -2.05. The SMILES string of the molecule is CCc1cc(Cn2ccc(CN)c2)n(CC)n1. The second-order valence-corrected chi connectivity index (χ2v) is 4.19. The van der Waals surface area contributed by atoms with Crippen LogP contribution >= 0.6 is 0 Å². The van der Waals surface area contributed by atoms with Crippen molar-refractivity contribution >= 4 is 0 Å². The molecule has 4 heteroatoms. The van der Waals surface area contributed by atoms with Crippen molar-refractivity contribution in [2.24, 2.45) is 5.73 Å². The van der Waals surface area contributed by atoms with E-state index in [9.17, 15) is 0 Å². The Morgan fingerprint density at radius 2 is 2.18 bits per heavy atom. The van der Waals surface area contributed by atoms with E-state index in [4.69, 9.17) is 5.73 Å². The van der Waals surface area contributed by atoms with Gasteiger partial charge in [-0.3, -0.25) is 4.68 Å². The van der Waals surface area contributed by atoms with Crippen LogP contribution in [-0.4, -0.2) is 14.3 Å². The highest BCUT2D eigenvalue weighted by atomic mass is 15.3. The van der Waals surface area contributed by atoms with Gasteiger partial charge in [-0.15, -0.1) is 0 Å². The number of hydrogen-bond donors (Lipinski definition) is 1. The molecule has 92 valence electrons. The third kappa shape index (κ3) is 2.58. The maximum atomic E-state index is 5.61. The van der Waals surface area contributed by atoms with Crippen molar-refractivity contribution in [2.45, 2.75) is 39.9 Å². The number of nitrogens with zero attached hydrogens (tertiary/aromatic N) is 3. The van der Waals surface area contributed by atoms with Crippen molar-refractivity contribution in [3.63, 3.8) is 0 Å². The summed E-state index contributed by atoms with van der Waals surface area (Å²) in [5.74, 6) is 0. The van der Waals surface area contributed by atoms with Crippen LogP contribution in [0.5, 0.6) is 0 Å². The number of hydrogen-bond acceptors (Lipinski definition) is 2. The Morgan fingerprint density at radius 3 is 2.76 bits per heavy atom. The summed E-state index contributed by atoms with van der Waals surface area (Å²) in [4.78, 5) is 0. The second kappa shape index (κ2) is 5.19. The Balaban J connectivity index is 2.19. The molecule has 2 N–H and O–H groups in total. The molecule has 2 heterocycles. The summed E-state index contributed by atoms with van der Waals surface area (Å²) >= 11 is 0. The fourth-order valence-corrected chi connectivity index (χ4v) is 1.99. The summed E-state index contributed by atoms with van der Waals surface area (Å²) in [6, 6.07) is 4.25. The molecule has 0 spiro atoms. The zero-order valence-electron chi connectivity index (χ0n) is 10.6. The van der Waals surface area contributed by atoms with Crippen LogP contribution in [0.4, 0.5) is 0 Å². The fourth-order valence-electron chi connectivity index (χ4n) is 1.99. The van der Waals surface area contributed by atoms with Crippen LogP contribution in [0.3, 0.4) is 0 Å². The first-order chi connectivity index (χ1) is 8.26. The van der Waals surface area contributed by atoms with Crippen molar-refractivity contribution in [3.05, 3.63) is 41.5 Å². The van der Waals surface area contributed by atoms with E-state index in [0.717, 1.165) is 25.2 Å². The van der Waals surface area contributed by atoms with E-state index in [1.807, 2.05) is 0 Å². The monoisotopic (exact) mass is 232 g/mol. The quantitative estimate of drug-likeness (QED) is 0.854. The Hall–Kier alpha value is -1.55. The van der Waals surface area contributed by atoms with E-state index in [-0.39, 0.29) is 0 Å². The Bertz CT molecular complexity index is 481. The van der Waals surface area contributed by atoms with Gasteiger partial charge in [0, 0.05) is 25.5 Å². The maximum absolute atomic E-state index is 5.61. The first kappa shape index (κ1) is 11.9. The molecule has 0 aliphatic heterocycles. The lowest BCUT2D eigenvalue weighted by Crippen LogP contribution is -2.06. The zero-order chi connectivity index (χ0) is 12.3. The molecular weight excluding hydrogens is 212 g/mol. The summed E-state index contributed by atoms with van der Waals surface area (Å²) in [6.45, 7) is 6.63. The molecule has 0 atom stereocenters. The lowest BCUT2D eigenvalue weighted by molar-refractivity contribution is 0.595. The van der Waals surface area contributed by atoms with Gasteiger partial charge in [0.25, 0.3) is 0 Å². The molecule has 0 saturated carbocycles. The first-order valence-corrected chi connectivity index (χ1v) is 6.17. The van der Waals surface area contributed by atoms with Crippen LogP contribution in [-0.2, 0) is 26.1 Å². The number of aryl methyl sites for hydroxylation is 2. The molecule has 0 aliphatic rings. The van der Waals surface area contributed by atoms with Gasteiger partial charge in [0.2, 0.25) is 0 Å². The van der Waals surface area contributed by atoms with Gasteiger partial charge in [0.15, 0.2) is 0 Å². The van der Waals surface area contributed by atoms with Gasteiger partial charge in [-0.05, 0) is 31.0 Å². The second-order valence-electron chi connectivity index (χ2n) is 4.19. The molecule has 2 rings (SSSR count). The van der Waals surface area contributed by atoms with E-state index in [0.29, 0.717) is 6.54 Å². The van der Waals surface area contributed by atoms with Gasteiger partial charge in [0.1, 0.15) is 0 Å². The summed E-state index contributed by atoms with van der Waals surface area (Å²) in [7, 11) is 0. The Kier molecular flexibility index (Phi) is 3.64. The average Bonchev–Trinajstić information content (AvgIpc) is 2.95. The third-order valence-electron chi connectivity index (χ3n) is 2.97. The topological polar surface area (TPSA) is 48.8 Å². The maximum Gasteiger partial charge on any atom is 0.0639 e. The first-order valence-electron chi connectivity index (χ1n) is 6.17. The summed E-state index contributed by atoms with van der Waals surface area (Å²) in [5, 5.41) is 4.55. The Morgan fingerprint density at radius 1 is 1.35 bits per heavy atom.